The Morgan fingerprint density at radius 3 is 2.75 bits per heavy atom. The molecule has 0 aromatic heterocycles. The molecular weight excluding hydrogens is 204 g/mol. The first-order valence-electron chi connectivity index (χ1n) is 5.86. The average Bonchev–Trinajstić information content (AvgIpc) is 2.62. The van der Waals surface area contributed by atoms with E-state index >= 15 is 0 Å². The van der Waals surface area contributed by atoms with Gasteiger partial charge in [0.1, 0.15) is 0 Å². The second kappa shape index (κ2) is 3.72. The maximum Gasteiger partial charge on any atom is 0.316 e. The first kappa shape index (κ1) is 11.4. The predicted octanol–water partition coefficient (Wildman–Crippen LogP) is 2.26. The van der Waals surface area contributed by atoms with Crippen molar-refractivity contribution in [2.75, 3.05) is 7.11 Å². The van der Waals surface area contributed by atoms with Crippen LogP contribution in [0.15, 0.2) is 11.1 Å². The van der Waals surface area contributed by atoms with Gasteiger partial charge in [-0.15, -0.1) is 0 Å². The number of Topliss-reactive ketones (excluding diaryl/α,β-unsaturated/α-hetero) is 1. The van der Waals surface area contributed by atoms with Gasteiger partial charge in [-0.25, -0.2) is 0 Å². The van der Waals surface area contributed by atoms with E-state index in [1.54, 1.807) is 0 Å². The number of fused-ring (bicyclic) bond motifs is 1. The average molecular weight is 222 g/mol. The third-order valence-corrected chi connectivity index (χ3v) is 4.37. The van der Waals surface area contributed by atoms with Crippen LogP contribution in [-0.2, 0) is 14.3 Å². The van der Waals surface area contributed by atoms with Crippen molar-refractivity contribution in [2.45, 2.75) is 39.5 Å². The van der Waals surface area contributed by atoms with Crippen LogP contribution in [0.5, 0.6) is 0 Å². The molecule has 2 rings (SSSR count). The molecule has 0 aliphatic heterocycles. The van der Waals surface area contributed by atoms with E-state index in [-0.39, 0.29) is 17.7 Å². The van der Waals surface area contributed by atoms with E-state index < -0.39 is 5.41 Å². The first-order valence-corrected chi connectivity index (χ1v) is 5.86. The Kier molecular flexibility index (Phi) is 2.64. The summed E-state index contributed by atoms with van der Waals surface area (Å²) in [5.41, 5.74) is 1.36. The van der Waals surface area contributed by atoms with Gasteiger partial charge in [0.05, 0.1) is 12.5 Å². The van der Waals surface area contributed by atoms with Gasteiger partial charge >= 0.3 is 5.97 Å². The standard InChI is InChI=1S/C13H18O3/c1-8-4-5-10-9(2)11(14)6-7-13(8,10)12(15)16-3/h8H,4-7H2,1-3H3/t8-,13-/m1/s1. The van der Waals surface area contributed by atoms with E-state index in [9.17, 15) is 9.59 Å². The molecule has 0 radical (unpaired) electrons. The van der Waals surface area contributed by atoms with E-state index in [0.29, 0.717) is 12.8 Å². The molecule has 0 unspecified atom stereocenters. The van der Waals surface area contributed by atoms with E-state index in [0.717, 1.165) is 24.0 Å². The third kappa shape index (κ3) is 1.27. The molecule has 16 heavy (non-hydrogen) atoms. The zero-order valence-corrected chi connectivity index (χ0v) is 10.1. The molecule has 2 aliphatic carbocycles. The Hall–Kier alpha value is -1.12. The molecule has 1 saturated carbocycles. The number of hydrogen-bond acceptors (Lipinski definition) is 3. The molecule has 3 nitrogen and oxygen atoms in total. The molecule has 0 bridgehead atoms. The monoisotopic (exact) mass is 222 g/mol. The van der Waals surface area contributed by atoms with Crippen molar-refractivity contribution in [1.29, 1.82) is 0 Å². The van der Waals surface area contributed by atoms with Crippen LogP contribution >= 0.6 is 0 Å². The summed E-state index contributed by atoms with van der Waals surface area (Å²) >= 11 is 0. The quantitative estimate of drug-likeness (QED) is 0.639. The molecule has 2 aliphatic rings. The van der Waals surface area contributed by atoms with Gasteiger partial charge in [-0.2, -0.15) is 0 Å². The minimum Gasteiger partial charge on any atom is -0.468 e. The minimum absolute atomic E-state index is 0.153. The van der Waals surface area contributed by atoms with Crippen molar-refractivity contribution >= 4 is 11.8 Å². The van der Waals surface area contributed by atoms with Crippen LogP contribution in [-0.4, -0.2) is 18.9 Å². The zero-order valence-electron chi connectivity index (χ0n) is 10.1. The van der Waals surface area contributed by atoms with Crippen LogP contribution in [0.1, 0.15) is 39.5 Å². The molecule has 0 spiro atoms. The van der Waals surface area contributed by atoms with Crippen molar-refractivity contribution in [1.82, 2.24) is 0 Å². The molecule has 0 N–H and O–H groups in total. The fourth-order valence-electron chi connectivity index (χ4n) is 3.32. The van der Waals surface area contributed by atoms with Crippen LogP contribution in [0.3, 0.4) is 0 Å². The second-order valence-corrected chi connectivity index (χ2v) is 4.93. The highest BCUT2D eigenvalue weighted by atomic mass is 16.5. The molecule has 88 valence electrons. The van der Waals surface area contributed by atoms with Crippen LogP contribution in [0, 0.1) is 11.3 Å². The van der Waals surface area contributed by atoms with Gasteiger partial charge in [0, 0.05) is 6.42 Å². The highest BCUT2D eigenvalue weighted by molar-refractivity contribution is 6.00. The van der Waals surface area contributed by atoms with Crippen molar-refractivity contribution in [3.05, 3.63) is 11.1 Å². The molecular formula is C13H18O3. The number of hydrogen-bond donors (Lipinski definition) is 0. The highest BCUT2D eigenvalue weighted by Gasteiger charge is 2.54. The molecule has 0 heterocycles. The minimum atomic E-state index is -0.493. The molecule has 0 aromatic rings. The number of ketones is 1. The highest BCUT2D eigenvalue weighted by Crippen LogP contribution is 2.54. The summed E-state index contributed by atoms with van der Waals surface area (Å²) in [6, 6.07) is 0. The summed E-state index contributed by atoms with van der Waals surface area (Å²) < 4.78 is 4.96. The van der Waals surface area contributed by atoms with E-state index in [2.05, 4.69) is 6.92 Å². The zero-order chi connectivity index (χ0) is 11.9. The number of ether oxygens (including phenoxy) is 1. The Balaban J connectivity index is 2.55. The Labute approximate surface area is 95.9 Å². The summed E-state index contributed by atoms with van der Waals surface area (Å²) in [5.74, 6) is 0.334. The Bertz CT molecular complexity index is 381. The van der Waals surface area contributed by atoms with Gasteiger partial charge in [0.15, 0.2) is 5.78 Å². The van der Waals surface area contributed by atoms with E-state index in [4.69, 9.17) is 4.74 Å². The van der Waals surface area contributed by atoms with Crippen molar-refractivity contribution < 1.29 is 14.3 Å². The number of esters is 1. The molecule has 0 aromatic carbocycles. The fraction of sp³-hybridized carbons (Fsp3) is 0.692. The second-order valence-electron chi connectivity index (χ2n) is 4.93. The van der Waals surface area contributed by atoms with Gasteiger partial charge in [0.25, 0.3) is 0 Å². The van der Waals surface area contributed by atoms with E-state index in [1.165, 1.54) is 7.11 Å². The van der Waals surface area contributed by atoms with Crippen LogP contribution in [0.2, 0.25) is 0 Å². The van der Waals surface area contributed by atoms with Gasteiger partial charge < -0.3 is 4.74 Å². The normalized spacial score (nSPS) is 33.9. The van der Waals surface area contributed by atoms with Gasteiger partial charge in [0.2, 0.25) is 0 Å². The van der Waals surface area contributed by atoms with Gasteiger partial charge in [-0.1, -0.05) is 6.92 Å². The summed E-state index contributed by atoms with van der Waals surface area (Å²) in [5, 5.41) is 0. The number of carbonyl (C=O) groups is 2. The lowest BCUT2D eigenvalue weighted by Crippen LogP contribution is -2.40. The van der Waals surface area contributed by atoms with Crippen LogP contribution in [0.4, 0.5) is 0 Å². The Morgan fingerprint density at radius 1 is 1.44 bits per heavy atom. The van der Waals surface area contributed by atoms with Crippen LogP contribution in [0.25, 0.3) is 0 Å². The fourth-order valence-corrected chi connectivity index (χ4v) is 3.32. The molecule has 0 saturated heterocycles. The van der Waals surface area contributed by atoms with Gasteiger partial charge in [-0.3, -0.25) is 9.59 Å². The summed E-state index contributed by atoms with van der Waals surface area (Å²) in [6.45, 7) is 3.94. The predicted molar refractivity (Wildman–Crippen MR) is 59.8 cm³/mol. The number of methoxy groups -OCH3 is 1. The number of carbonyl (C=O) groups excluding carboxylic acids is 2. The smallest absolute Gasteiger partial charge is 0.316 e. The molecule has 3 heteroatoms. The first-order chi connectivity index (χ1) is 7.54. The van der Waals surface area contributed by atoms with Crippen molar-refractivity contribution in [3.8, 4) is 0 Å². The third-order valence-electron chi connectivity index (χ3n) is 4.37. The van der Waals surface area contributed by atoms with Crippen molar-refractivity contribution in [3.63, 3.8) is 0 Å². The van der Waals surface area contributed by atoms with Crippen LogP contribution < -0.4 is 0 Å². The van der Waals surface area contributed by atoms with E-state index in [1.807, 2.05) is 6.92 Å². The number of rotatable bonds is 1. The summed E-state index contributed by atoms with van der Waals surface area (Å²) in [4.78, 5) is 23.8. The lowest BCUT2D eigenvalue weighted by Gasteiger charge is -2.36. The topological polar surface area (TPSA) is 43.4 Å². The summed E-state index contributed by atoms with van der Waals surface area (Å²) in [6.07, 6.45) is 2.96. The summed E-state index contributed by atoms with van der Waals surface area (Å²) in [7, 11) is 1.44. The Morgan fingerprint density at radius 2 is 2.12 bits per heavy atom. The molecule has 0 amide bonds. The maximum absolute atomic E-state index is 12.1. The van der Waals surface area contributed by atoms with Crippen molar-refractivity contribution in [2.24, 2.45) is 11.3 Å². The lowest BCUT2D eigenvalue weighted by molar-refractivity contribution is -0.153. The molecule has 2 atom stereocenters. The number of allylic oxidation sites excluding steroid dienone is 1. The largest absolute Gasteiger partial charge is 0.468 e. The van der Waals surface area contributed by atoms with Gasteiger partial charge in [-0.05, 0) is 43.3 Å². The lowest BCUT2D eigenvalue weighted by atomic mass is 9.67. The SMILES string of the molecule is COC(=O)[C@@]12CCC(=O)C(C)=C1CC[C@H]2C. The maximum atomic E-state index is 12.1. The molecule has 1 fully saturated rings.